The van der Waals surface area contributed by atoms with Crippen LogP contribution in [0.5, 0.6) is 0 Å². The molecule has 28 heavy (non-hydrogen) atoms. The van der Waals surface area contributed by atoms with E-state index in [-0.39, 0.29) is 23.2 Å². The molecule has 1 heterocycles. The van der Waals surface area contributed by atoms with Crippen molar-refractivity contribution in [1.82, 2.24) is 14.9 Å². The fourth-order valence-corrected chi connectivity index (χ4v) is 4.72. The first-order valence-electron chi connectivity index (χ1n) is 10.1. The van der Waals surface area contributed by atoms with Crippen LogP contribution in [0.3, 0.4) is 0 Å². The van der Waals surface area contributed by atoms with Crippen LogP contribution in [0.1, 0.15) is 48.9 Å². The number of carbonyl (C=O) groups excluding carboxylic acids is 1. The van der Waals surface area contributed by atoms with Gasteiger partial charge in [-0.05, 0) is 75.1 Å². The minimum atomic E-state index is -3.55. The first kappa shape index (κ1) is 21.6. The van der Waals surface area contributed by atoms with E-state index in [0.717, 1.165) is 51.2 Å². The van der Waals surface area contributed by atoms with E-state index in [2.05, 4.69) is 10.0 Å². The number of sulfonamides is 1. The summed E-state index contributed by atoms with van der Waals surface area (Å²) < 4.78 is 27.5. The molecule has 1 amide bonds. The van der Waals surface area contributed by atoms with Crippen molar-refractivity contribution in [1.29, 1.82) is 0 Å². The van der Waals surface area contributed by atoms with Crippen molar-refractivity contribution in [2.45, 2.75) is 49.5 Å². The molecule has 0 unspecified atom stereocenters. The van der Waals surface area contributed by atoms with E-state index < -0.39 is 10.0 Å². The highest BCUT2D eigenvalue weighted by atomic mass is 35.5. The van der Waals surface area contributed by atoms with E-state index in [9.17, 15) is 13.2 Å². The highest BCUT2D eigenvalue weighted by molar-refractivity contribution is 7.89. The molecule has 3 fully saturated rings. The maximum atomic E-state index is 12.8. The van der Waals surface area contributed by atoms with Crippen molar-refractivity contribution in [3.63, 3.8) is 0 Å². The molecule has 8 heteroatoms. The van der Waals surface area contributed by atoms with Crippen LogP contribution in [-0.4, -0.2) is 51.4 Å². The number of amides is 1. The molecule has 0 atom stereocenters. The van der Waals surface area contributed by atoms with Gasteiger partial charge in [-0.25, -0.2) is 13.1 Å². The third kappa shape index (κ3) is 5.69. The average molecular weight is 428 g/mol. The van der Waals surface area contributed by atoms with Crippen LogP contribution in [0.4, 0.5) is 0 Å². The lowest BCUT2D eigenvalue weighted by Crippen LogP contribution is -2.45. The maximum Gasteiger partial charge on any atom is 0.253 e. The van der Waals surface area contributed by atoms with E-state index in [0.29, 0.717) is 24.1 Å². The minimum absolute atomic E-state index is 0. The first-order valence-corrected chi connectivity index (χ1v) is 11.6. The summed E-state index contributed by atoms with van der Waals surface area (Å²) in [5.74, 6) is 1.26. The lowest BCUT2D eigenvalue weighted by Gasteiger charge is -2.32. The smallest absolute Gasteiger partial charge is 0.253 e. The molecule has 0 bridgehead atoms. The van der Waals surface area contributed by atoms with Crippen molar-refractivity contribution in [3.05, 3.63) is 29.8 Å². The molecule has 1 aliphatic heterocycles. The topological polar surface area (TPSA) is 78.5 Å². The zero-order chi connectivity index (χ0) is 18.9. The standard InChI is InChI=1S/C20H29N3O3S.ClH/c24-20(23-10-8-18(9-11-23)21-13-15-4-5-15)17-2-1-3-19(12-17)27(25,26)22-14-16-6-7-16;/h1-3,12,15-16,18,21-22H,4-11,13-14H2;1H. The SMILES string of the molecule is Cl.O=C(c1cccc(S(=O)(=O)NCC2CC2)c1)N1CCC(NCC2CC2)CC1. The Morgan fingerprint density at radius 3 is 2.29 bits per heavy atom. The number of piperidine rings is 1. The van der Waals surface area contributed by atoms with Crippen molar-refractivity contribution >= 4 is 28.3 Å². The van der Waals surface area contributed by atoms with Gasteiger partial charge in [0, 0.05) is 31.2 Å². The second kappa shape index (κ2) is 9.11. The number of rotatable bonds is 8. The van der Waals surface area contributed by atoms with Gasteiger partial charge < -0.3 is 10.2 Å². The Morgan fingerprint density at radius 2 is 1.64 bits per heavy atom. The molecule has 1 aromatic rings. The average Bonchev–Trinajstić information content (AvgIpc) is 3.59. The van der Waals surface area contributed by atoms with Crippen molar-refractivity contribution in [3.8, 4) is 0 Å². The number of hydrogen-bond donors (Lipinski definition) is 2. The number of carbonyl (C=O) groups is 1. The Morgan fingerprint density at radius 1 is 1.00 bits per heavy atom. The Balaban J connectivity index is 0.00000225. The van der Waals surface area contributed by atoms with Gasteiger partial charge in [-0.1, -0.05) is 6.07 Å². The van der Waals surface area contributed by atoms with Gasteiger partial charge in [0.2, 0.25) is 10.0 Å². The largest absolute Gasteiger partial charge is 0.339 e. The summed E-state index contributed by atoms with van der Waals surface area (Å²) in [6, 6.07) is 6.92. The molecule has 2 saturated carbocycles. The van der Waals surface area contributed by atoms with Gasteiger partial charge in [-0.2, -0.15) is 0 Å². The summed E-state index contributed by atoms with van der Waals surface area (Å²) in [6.07, 6.45) is 6.79. The van der Waals surface area contributed by atoms with E-state index in [4.69, 9.17) is 0 Å². The number of likely N-dealkylation sites (tertiary alicyclic amines) is 1. The van der Waals surface area contributed by atoms with Crippen LogP contribution in [0.2, 0.25) is 0 Å². The summed E-state index contributed by atoms with van der Waals surface area (Å²) in [6.45, 7) is 3.03. The van der Waals surface area contributed by atoms with Gasteiger partial charge in [0.15, 0.2) is 0 Å². The molecule has 4 rings (SSSR count). The molecule has 0 aromatic heterocycles. The molecule has 1 aromatic carbocycles. The molecular formula is C20H30ClN3O3S. The van der Waals surface area contributed by atoms with E-state index in [1.807, 2.05) is 4.90 Å². The Kier molecular flexibility index (Phi) is 7.02. The van der Waals surface area contributed by atoms with E-state index >= 15 is 0 Å². The predicted octanol–water partition coefficient (Wildman–Crippen LogP) is 2.40. The Labute approximate surface area is 173 Å². The highest BCUT2D eigenvalue weighted by Crippen LogP contribution is 2.29. The van der Waals surface area contributed by atoms with Crippen LogP contribution in [0.15, 0.2) is 29.2 Å². The molecular weight excluding hydrogens is 398 g/mol. The molecule has 1 saturated heterocycles. The summed E-state index contributed by atoms with van der Waals surface area (Å²) >= 11 is 0. The third-order valence-electron chi connectivity index (χ3n) is 5.82. The zero-order valence-electron chi connectivity index (χ0n) is 16.1. The second-order valence-electron chi connectivity index (χ2n) is 8.24. The summed E-state index contributed by atoms with van der Waals surface area (Å²) in [5.41, 5.74) is 0.452. The quantitative estimate of drug-likeness (QED) is 0.667. The molecule has 2 aliphatic carbocycles. The normalized spacial score (nSPS) is 20.6. The van der Waals surface area contributed by atoms with E-state index in [1.165, 1.54) is 18.9 Å². The van der Waals surface area contributed by atoms with Crippen LogP contribution in [0.25, 0.3) is 0 Å². The third-order valence-corrected chi connectivity index (χ3v) is 7.25. The number of nitrogens with one attached hydrogen (secondary N) is 2. The maximum absolute atomic E-state index is 12.8. The van der Waals surface area contributed by atoms with Crippen molar-refractivity contribution in [2.75, 3.05) is 26.2 Å². The van der Waals surface area contributed by atoms with Gasteiger partial charge in [0.05, 0.1) is 4.90 Å². The van der Waals surface area contributed by atoms with Crippen LogP contribution in [0, 0.1) is 11.8 Å². The minimum Gasteiger partial charge on any atom is -0.339 e. The molecule has 6 nitrogen and oxygen atoms in total. The van der Waals surface area contributed by atoms with Crippen molar-refractivity contribution < 1.29 is 13.2 Å². The lowest BCUT2D eigenvalue weighted by atomic mass is 10.0. The van der Waals surface area contributed by atoms with Gasteiger partial charge in [-0.3, -0.25) is 4.79 Å². The Bertz CT molecular complexity index is 786. The van der Waals surface area contributed by atoms with Crippen LogP contribution >= 0.6 is 12.4 Å². The fourth-order valence-electron chi connectivity index (χ4n) is 3.55. The first-order chi connectivity index (χ1) is 13.0. The monoisotopic (exact) mass is 427 g/mol. The number of halogens is 1. The van der Waals surface area contributed by atoms with Gasteiger partial charge in [-0.15, -0.1) is 12.4 Å². The van der Waals surface area contributed by atoms with Crippen molar-refractivity contribution in [2.24, 2.45) is 11.8 Å². The second-order valence-corrected chi connectivity index (χ2v) is 10.0. The Hall–Kier alpha value is -1.15. The highest BCUT2D eigenvalue weighted by Gasteiger charge is 2.28. The molecule has 0 radical (unpaired) electrons. The van der Waals surface area contributed by atoms with Crippen LogP contribution < -0.4 is 10.0 Å². The summed E-state index contributed by atoms with van der Waals surface area (Å²) in [5, 5.41) is 3.61. The van der Waals surface area contributed by atoms with Gasteiger partial charge in [0.25, 0.3) is 5.91 Å². The van der Waals surface area contributed by atoms with Crippen LogP contribution in [-0.2, 0) is 10.0 Å². The number of hydrogen-bond acceptors (Lipinski definition) is 4. The summed E-state index contributed by atoms with van der Waals surface area (Å²) in [4.78, 5) is 14.8. The molecule has 2 N–H and O–H groups in total. The predicted molar refractivity (Wildman–Crippen MR) is 111 cm³/mol. The number of benzene rings is 1. The van der Waals surface area contributed by atoms with Gasteiger partial charge >= 0.3 is 0 Å². The molecule has 156 valence electrons. The molecule has 0 spiro atoms. The molecule has 3 aliphatic rings. The van der Waals surface area contributed by atoms with Gasteiger partial charge in [0.1, 0.15) is 0 Å². The fraction of sp³-hybridized carbons (Fsp3) is 0.650. The van der Waals surface area contributed by atoms with E-state index in [1.54, 1.807) is 18.2 Å². The number of nitrogens with zero attached hydrogens (tertiary/aromatic N) is 1. The zero-order valence-corrected chi connectivity index (χ0v) is 17.7. The lowest BCUT2D eigenvalue weighted by molar-refractivity contribution is 0.0704. The summed E-state index contributed by atoms with van der Waals surface area (Å²) in [7, 11) is -3.55.